The van der Waals surface area contributed by atoms with E-state index in [0.29, 0.717) is 23.4 Å². The maximum absolute atomic E-state index is 6.06. The lowest BCUT2D eigenvalue weighted by Gasteiger charge is -2.13. The van der Waals surface area contributed by atoms with Crippen molar-refractivity contribution in [3.8, 4) is 90.1 Å². The van der Waals surface area contributed by atoms with Gasteiger partial charge in [0.05, 0.1) is 0 Å². The zero-order valence-corrected chi connectivity index (χ0v) is 29.8. The first-order valence-corrected chi connectivity index (χ1v) is 17.8. The van der Waals surface area contributed by atoms with Crippen LogP contribution < -0.4 is 0 Å². The van der Waals surface area contributed by atoms with E-state index in [-0.39, 0.29) is 0 Å². The molecule has 0 saturated heterocycles. The molecule has 268 valence electrons. The van der Waals surface area contributed by atoms with Crippen LogP contribution in [0.5, 0.6) is 0 Å². The van der Waals surface area contributed by atoms with Gasteiger partial charge in [0.15, 0.2) is 23.1 Å². The first-order valence-electron chi connectivity index (χ1n) is 17.8. The van der Waals surface area contributed by atoms with Crippen LogP contribution in [0.2, 0.25) is 0 Å². The number of aromatic nitrogens is 12. The Morgan fingerprint density at radius 2 is 0.649 bits per heavy atom. The molecule has 0 amide bonds. The average Bonchev–Trinajstić information content (AvgIpc) is 3.74. The molecule has 0 atom stereocenters. The van der Waals surface area contributed by atoms with Gasteiger partial charge in [-0.3, -0.25) is 0 Å². The normalized spacial score (nSPS) is 11.2. The largest absolute Gasteiger partial charge is 0.436 e. The third kappa shape index (κ3) is 6.83. The molecule has 0 unspecified atom stereocenters. The van der Waals surface area contributed by atoms with Crippen molar-refractivity contribution in [3.05, 3.63) is 160 Å². The molecule has 13 nitrogen and oxygen atoms in total. The number of hydrogen-bond acceptors (Lipinski definition) is 13. The van der Waals surface area contributed by atoms with Crippen molar-refractivity contribution in [2.45, 2.75) is 0 Å². The predicted molar refractivity (Wildman–Crippen MR) is 213 cm³/mol. The molecule has 0 bridgehead atoms. The van der Waals surface area contributed by atoms with Crippen LogP contribution in [0.15, 0.2) is 164 Å². The predicted octanol–water partition coefficient (Wildman–Crippen LogP) is 8.51. The van der Waals surface area contributed by atoms with Crippen molar-refractivity contribution in [2.24, 2.45) is 0 Å². The van der Waals surface area contributed by atoms with E-state index >= 15 is 0 Å². The van der Waals surface area contributed by atoms with Crippen LogP contribution >= 0.6 is 0 Å². The first-order chi connectivity index (χ1) is 28.2. The maximum Gasteiger partial charge on any atom is 0.227 e. The molecule has 0 saturated carbocycles. The Labute approximate surface area is 324 Å². The van der Waals surface area contributed by atoms with Gasteiger partial charge in [-0.05, 0) is 82.9 Å². The monoisotopic (exact) mass is 738 g/mol. The van der Waals surface area contributed by atoms with Gasteiger partial charge in [-0.2, -0.15) is 0 Å². The van der Waals surface area contributed by atoms with Crippen molar-refractivity contribution >= 4 is 11.1 Å². The number of fused-ring (bicyclic) bond motifs is 1. The standard InChI is InChI=1S/C44H26N12O/c1-2-4-40-39(3-1)53-44(57-40)28-7-5-27(6-8-28)41-54-42(33-11-29(35-15-45-23-46-16-35)9-30(12-33)36-17-47-24-48-18-36)56-43(55-41)34-13-31(37-19-49-25-50-20-37)10-32(14-34)38-21-51-26-52-22-38/h1-26H. The van der Waals surface area contributed by atoms with Crippen molar-refractivity contribution < 1.29 is 4.42 Å². The summed E-state index contributed by atoms with van der Waals surface area (Å²) in [5.41, 5.74) is 11.4. The molecule has 57 heavy (non-hydrogen) atoms. The Morgan fingerprint density at radius 1 is 0.298 bits per heavy atom. The molecule has 0 aliphatic heterocycles. The molecule has 0 aliphatic rings. The highest BCUT2D eigenvalue weighted by atomic mass is 16.3. The Bertz CT molecular complexity index is 2710. The number of benzene rings is 4. The summed E-state index contributed by atoms with van der Waals surface area (Å²) in [6.07, 6.45) is 20.2. The van der Waals surface area contributed by atoms with Gasteiger partial charge in [0.1, 0.15) is 30.8 Å². The van der Waals surface area contributed by atoms with Gasteiger partial charge in [-0.25, -0.2) is 59.8 Å². The van der Waals surface area contributed by atoms with Gasteiger partial charge >= 0.3 is 0 Å². The Hall–Kier alpha value is -8.32. The van der Waals surface area contributed by atoms with Gasteiger partial charge in [-0.15, -0.1) is 0 Å². The van der Waals surface area contributed by atoms with Crippen LogP contribution in [0.3, 0.4) is 0 Å². The molecule has 10 aromatic rings. The summed E-state index contributed by atoms with van der Waals surface area (Å²) < 4.78 is 6.06. The van der Waals surface area contributed by atoms with Crippen molar-refractivity contribution in [1.82, 2.24) is 59.8 Å². The van der Waals surface area contributed by atoms with Crippen LogP contribution in [0.1, 0.15) is 0 Å². The van der Waals surface area contributed by atoms with Gasteiger partial charge < -0.3 is 4.42 Å². The molecule has 10 rings (SSSR count). The van der Waals surface area contributed by atoms with E-state index in [1.165, 1.54) is 25.3 Å². The number of nitrogens with zero attached hydrogens (tertiary/aromatic N) is 12. The molecule has 6 heterocycles. The molecule has 0 fully saturated rings. The van der Waals surface area contributed by atoms with Crippen LogP contribution in [0.25, 0.3) is 101 Å². The van der Waals surface area contributed by atoms with E-state index in [4.69, 9.17) is 19.4 Å². The van der Waals surface area contributed by atoms with Gasteiger partial charge in [0.25, 0.3) is 0 Å². The van der Waals surface area contributed by atoms with E-state index in [0.717, 1.165) is 77.9 Å². The fourth-order valence-electron chi connectivity index (χ4n) is 6.49. The minimum absolute atomic E-state index is 0.452. The molecular weight excluding hydrogens is 713 g/mol. The molecular formula is C44H26N12O. The summed E-state index contributed by atoms with van der Waals surface area (Å²) in [4.78, 5) is 54.2. The van der Waals surface area contributed by atoms with Gasteiger partial charge in [-0.1, -0.05) is 24.3 Å². The number of rotatable bonds is 8. The summed E-state index contributed by atoms with van der Waals surface area (Å²) in [5.74, 6) is 1.90. The maximum atomic E-state index is 6.06. The summed E-state index contributed by atoms with van der Waals surface area (Å²) in [5, 5.41) is 0. The quantitative estimate of drug-likeness (QED) is 0.146. The lowest BCUT2D eigenvalue weighted by molar-refractivity contribution is 0.620. The molecule has 13 heteroatoms. The Balaban J connectivity index is 1.17. The van der Waals surface area contributed by atoms with E-state index in [1.54, 1.807) is 49.6 Å². The van der Waals surface area contributed by atoms with Crippen LogP contribution in [0, 0.1) is 0 Å². The van der Waals surface area contributed by atoms with Crippen LogP contribution in [0.4, 0.5) is 0 Å². The molecule has 6 aromatic heterocycles. The SMILES string of the molecule is c1ccc2oc(-c3ccc(-c4nc(-c5cc(-c6cncnc6)cc(-c6cncnc6)c5)nc(-c5cc(-c6cncnc6)cc(-c6cncnc6)c5)n4)cc3)nc2c1. The minimum Gasteiger partial charge on any atom is -0.436 e. The molecule has 4 aromatic carbocycles. The molecule has 0 spiro atoms. The van der Waals surface area contributed by atoms with Crippen molar-refractivity contribution in [1.29, 1.82) is 0 Å². The highest BCUT2D eigenvalue weighted by molar-refractivity contribution is 5.82. The summed E-state index contributed by atoms with van der Waals surface area (Å²) in [7, 11) is 0. The van der Waals surface area contributed by atoms with Gasteiger partial charge in [0.2, 0.25) is 5.89 Å². The second-order valence-electron chi connectivity index (χ2n) is 13.0. The van der Waals surface area contributed by atoms with E-state index < -0.39 is 0 Å². The lowest BCUT2D eigenvalue weighted by atomic mass is 9.97. The molecule has 0 radical (unpaired) electrons. The Kier molecular flexibility index (Phi) is 8.46. The summed E-state index contributed by atoms with van der Waals surface area (Å²) in [6, 6.07) is 27.7. The number of oxazole rings is 1. The van der Waals surface area contributed by atoms with E-state index in [2.05, 4.69) is 44.9 Å². The van der Waals surface area contributed by atoms with E-state index in [1.807, 2.05) is 84.9 Å². The van der Waals surface area contributed by atoms with Crippen LogP contribution in [-0.4, -0.2) is 59.8 Å². The molecule has 0 N–H and O–H groups in total. The van der Waals surface area contributed by atoms with Gasteiger partial charge in [0, 0.05) is 94.1 Å². The van der Waals surface area contributed by atoms with Crippen molar-refractivity contribution in [3.63, 3.8) is 0 Å². The third-order valence-electron chi connectivity index (χ3n) is 9.28. The van der Waals surface area contributed by atoms with Crippen LogP contribution in [-0.2, 0) is 0 Å². The lowest BCUT2D eigenvalue weighted by Crippen LogP contribution is -2.01. The first kappa shape index (κ1) is 33.3. The third-order valence-corrected chi connectivity index (χ3v) is 9.28. The van der Waals surface area contributed by atoms with Crippen molar-refractivity contribution in [2.75, 3.05) is 0 Å². The molecule has 0 aliphatic carbocycles. The topological polar surface area (TPSA) is 168 Å². The minimum atomic E-state index is 0.452. The fourth-order valence-corrected chi connectivity index (χ4v) is 6.49. The average molecular weight is 739 g/mol. The second kappa shape index (κ2) is 14.5. The summed E-state index contributed by atoms with van der Waals surface area (Å²) in [6.45, 7) is 0. The number of hydrogen-bond donors (Lipinski definition) is 0. The smallest absolute Gasteiger partial charge is 0.227 e. The zero-order valence-electron chi connectivity index (χ0n) is 29.8. The highest BCUT2D eigenvalue weighted by Crippen LogP contribution is 2.35. The Morgan fingerprint density at radius 3 is 1.05 bits per heavy atom. The highest BCUT2D eigenvalue weighted by Gasteiger charge is 2.18. The number of para-hydroxylation sites is 2. The second-order valence-corrected chi connectivity index (χ2v) is 13.0. The fraction of sp³-hybridized carbons (Fsp3) is 0. The van der Waals surface area contributed by atoms with E-state index in [9.17, 15) is 0 Å². The zero-order chi connectivity index (χ0) is 38.0. The summed E-state index contributed by atoms with van der Waals surface area (Å²) >= 11 is 0.